The van der Waals surface area contributed by atoms with Gasteiger partial charge in [-0.2, -0.15) is 0 Å². The maximum absolute atomic E-state index is 6.21. The first-order valence-electron chi connectivity index (χ1n) is 9.43. The number of anilines is 2. The Bertz CT molecular complexity index is 1160. The summed E-state index contributed by atoms with van der Waals surface area (Å²) >= 11 is 0. The van der Waals surface area contributed by atoms with Crippen LogP contribution >= 0.6 is 0 Å². The second-order valence-corrected chi connectivity index (χ2v) is 6.66. The van der Waals surface area contributed by atoms with Crippen LogP contribution < -0.4 is 64.9 Å². The smallest absolute Gasteiger partial charge is 1.00 e. The first kappa shape index (κ1) is 32.8. The molecule has 1 N–H and O–H groups in total. The average Bonchev–Trinajstić information content (AvgIpc) is 2.69. The number of benzene rings is 3. The summed E-state index contributed by atoms with van der Waals surface area (Å²) in [4.78, 5) is 4.76. The molecule has 0 aromatic heterocycles. The van der Waals surface area contributed by atoms with E-state index in [-0.39, 0.29) is 69.1 Å². The molecular weight excluding hydrogens is 541 g/mol. The number of halogens is 4. The van der Waals surface area contributed by atoms with Crippen molar-refractivity contribution in [3.05, 3.63) is 71.6 Å². The molecule has 0 bridgehead atoms. The minimum atomic E-state index is 0. The van der Waals surface area contributed by atoms with Crippen molar-refractivity contribution >= 4 is 22.5 Å². The molecular formula is C23H24Cl4N3OZn-. The zero-order chi connectivity index (χ0) is 18.8. The molecule has 9 heteroatoms. The van der Waals surface area contributed by atoms with Crippen molar-refractivity contribution in [1.29, 1.82) is 0 Å². The van der Waals surface area contributed by atoms with Gasteiger partial charge in [0, 0.05) is 23.5 Å². The summed E-state index contributed by atoms with van der Waals surface area (Å²) in [6.07, 6.45) is 0. The molecule has 4 nitrogen and oxygen atoms in total. The van der Waals surface area contributed by atoms with Gasteiger partial charge in [-0.25, -0.2) is 9.56 Å². The number of fused-ring (bicyclic) bond motifs is 2. The summed E-state index contributed by atoms with van der Waals surface area (Å²) in [5, 5.41) is 4.62. The fourth-order valence-electron chi connectivity index (χ4n) is 3.35. The van der Waals surface area contributed by atoms with Crippen molar-refractivity contribution in [3.8, 4) is 11.5 Å². The molecule has 4 rings (SSSR count). The Labute approximate surface area is 226 Å². The maximum Gasteiger partial charge on any atom is 2.00 e. The number of nitrogens with zero attached hydrogens (tertiary/aromatic N) is 2. The zero-order valence-corrected chi connectivity index (χ0v) is 24.2. The Morgan fingerprint density at radius 1 is 0.875 bits per heavy atom. The number of hydrogen-bond donors (Lipinski definition) is 1. The number of aryl methyl sites for hydroxylation is 1. The van der Waals surface area contributed by atoms with Gasteiger partial charge in [0.1, 0.15) is 24.3 Å². The monoisotopic (exact) mass is 562 g/mol. The van der Waals surface area contributed by atoms with Gasteiger partial charge in [-0.3, -0.25) is 0 Å². The van der Waals surface area contributed by atoms with E-state index in [0.717, 1.165) is 52.4 Å². The van der Waals surface area contributed by atoms with Crippen LogP contribution in [0.4, 0.5) is 11.4 Å². The Balaban J connectivity index is 0. The van der Waals surface area contributed by atoms with Crippen molar-refractivity contribution in [2.24, 2.45) is 0 Å². The van der Waals surface area contributed by atoms with Crippen LogP contribution in [0.1, 0.15) is 19.4 Å². The Morgan fingerprint density at radius 3 is 2.22 bits per heavy atom. The van der Waals surface area contributed by atoms with E-state index < -0.39 is 0 Å². The van der Waals surface area contributed by atoms with Crippen molar-refractivity contribution in [2.45, 2.75) is 20.8 Å². The van der Waals surface area contributed by atoms with Crippen LogP contribution in [-0.2, 0) is 19.5 Å². The second kappa shape index (κ2) is 14.7. The van der Waals surface area contributed by atoms with Gasteiger partial charge in [-0.15, -0.1) is 0 Å². The van der Waals surface area contributed by atoms with Gasteiger partial charge < -0.3 is 59.4 Å². The largest absolute Gasteiger partial charge is 2.00 e. The van der Waals surface area contributed by atoms with Gasteiger partial charge in [0.2, 0.25) is 5.36 Å². The molecule has 168 valence electrons. The maximum atomic E-state index is 6.21. The summed E-state index contributed by atoms with van der Waals surface area (Å²) in [5.74, 6) is 0.806. The molecule has 0 amide bonds. The molecule has 0 saturated carbocycles. The minimum absolute atomic E-state index is 0. The van der Waals surface area contributed by atoms with Crippen molar-refractivity contribution in [1.82, 2.24) is 9.56 Å². The number of rotatable bonds is 4. The van der Waals surface area contributed by atoms with E-state index >= 15 is 0 Å². The molecule has 0 unspecified atom stereocenters. The van der Waals surface area contributed by atoms with Crippen LogP contribution in [0.15, 0.2) is 65.1 Å². The number of nitrogens with one attached hydrogen (secondary N) is 1. The van der Waals surface area contributed by atoms with E-state index in [4.69, 9.17) is 9.40 Å². The predicted octanol–water partition coefficient (Wildman–Crippen LogP) is -7.19. The Hall–Kier alpha value is -1.36. The van der Waals surface area contributed by atoms with E-state index in [2.05, 4.69) is 54.9 Å². The average molecular weight is 566 g/mol. The summed E-state index contributed by atoms with van der Waals surface area (Å²) < 4.78 is 8.51. The SMILES string of the molecule is CC[N+](CC)=c1ccc2nc3ccc(Nc4ccccc4C)cc3oc-2c1.[Cl-].[Cl-].[Cl-].[Cl-].[Zn+2]. The van der Waals surface area contributed by atoms with Crippen LogP contribution in [0, 0.1) is 6.92 Å². The molecule has 0 radical (unpaired) electrons. The molecule has 32 heavy (non-hydrogen) atoms. The number of aromatic nitrogens is 1. The van der Waals surface area contributed by atoms with Crippen LogP contribution in [-0.4, -0.2) is 18.1 Å². The van der Waals surface area contributed by atoms with Crippen LogP contribution in [0.5, 0.6) is 0 Å². The van der Waals surface area contributed by atoms with Crippen LogP contribution in [0.3, 0.4) is 0 Å². The summed E-state index contributed by atoms with van der Waals surface area (Å²) in [6.45, 7) is 8.35. The predicted molar refractivity (Wildman–Crippen MR) is 111 cm³/mol. The summed E-state index contributed by atoms with van der Waals surface area (Å²) in [6, 6.07) is 20.5. The molecule has 0 saturated heterocycles. The van der Waals surface area contributed by atoms with E-state index in [0.29, 0.717) is 0 Å². The fourth-order valence-corrected chi connectivity index (χ4v) is 3.35. The van der Waals surface area contributed by atoms with E-state index in [9.17, 15) is 0 Å². The quantitative estimate of drug-likeness (QED) is 0.152. The molecule has 2 aromatic carbocycles. The van der Waals surface area contributed by atoms with Gasteiger partial charge >= 0.3 is 19.5 Å². The number of para-hydroxylation sites is 1. The van der Waals surface area contributed by atoms with Gasteiger partial charge in [-0.1, -0.05) is 18.2 Å². The molecule has 0 spiro atoms. The standard InChI is InChI=1S/C23H23N3O.4ClH.Zn/c1-4-26(5-2)18-11-13-21-23(15-18)27-22-14-17(10-12-20(22)25-21)24-19-9-7-6-8-16(19)3;;;;;/h6-15H,4-5H2,1-3H3;4*1H;/q;;;;;+2/p-3. The third-order valence-electron chi connectivity index (χ3n) is 4.92. The molecule has 1 aliphatic heterocycles. The van der Waals surface area contributed by atoms with E-state index in [1.807, 2.05) is 36.4 Å². The molecule has 2 aromatic rings. The molecule has 1 heterocycles. The molecule has 0 atom stereocenters. The third kappa shape index (κ3) is 7.07. The topological polar surface area (TPSA) is 41.1 Å². The summed E-state index contributed by atoms with van der Waals surface area (Å²) in [7, 11) is 0. The second-order valence-electron chi connectivity index (χ2n) is 6.66. The molecule has 0 fully saturated rings. The van der Waals surface area contributed by atoms with Crippen molar-refractivity contribution in [2.75, 3.05) is 18.4 Å². The first-order chi connectivity index (χ1) is 13.2. The third-order valence-corrected chi connectivity index (χ3v) is 4.92. The normalized spacial score (nSPS) is 9.34. The minimum Gasteiger partial charge on any atom is -1.00 e. The first-order valence-corrected chi connectivity index (χ1v) is 9.43. The van der Waals surface area contributed by atoms with Gasteiger partial charge in [0.05, 0.1) is 6.07 Å². The van der Waals surface area contributed by atoms with Crippen molar-refractivity contribution in [3.63, 3.8) is 0 Å². The fraction of sp³-hybridized carbons (Fsp3) is 0.217. The van der Waals surface area contributed by atoms with E-state index in [1.54, 1.807) is 0 Å². The van der Waals surface area contributed by atoms with Gasteiger partial charge in [-0.05, 0) is 50.6 Å². The van der Waals surface area contributed by atoms with Gasteiger partial charge in [0.15, 0.2) is 11.3 Å². The Morgan fingerprint density at radius 2 is 1.56 bits per heavy atom. The molecule has 1 aliphatic carbocycles. The van der Waals surface area contributed by atoms with Crippen molar-refractivity contribution < 1.29 is 73.5 Å². The number of hydrogen-bond acceptors (Lipinski definition) is 3. The van der Waals surface area contributed by atoms with Crippen LogP contribution in [0.2, 0.25) is 0 Å². The summed E-state index contributed by atoms with van der Waals surface area (Å²) in [5.41, 5.74) is 5.79. The van der Waals surface area contributed by atoms with Gasteiger partial charge in [0.25, 0.3) is 0 Å². The molecule has 2 aliphatic rings. The van der Waals surface area contributed by atoms with Crippen LogP contribution in [0.25, 0.3) is 22.6 Å². The van der Waals surface area contributed by atoms with E-state index in [1.165, 1.54) is 5.56 Å². The zero-order valence-electron chi connectivity index (χ0n) is 18.2. The Kier molecular flexibility index (Phi) is 15.1.